The highest BCUT2D eigenvalue weighted by atomic mass is 28.4. The molecule has 1 unspecified atom stereocenters. The number of ketones is 2. The first-order valence-corrected chi connectivity index (χ1v) is 11.5. The van der Waals surface area contributed by atoms with E-state index < -0.39 is 14.4 Å². The van der Waals surface area contributed by atoms with Crippen LogP contribution in [0.15, 0.2) is 30.3 Å². The maximum Gasteiger partial charge on any atom is 0.198 e. The van der Waals surface area contributed by atoms with Crippen LogP contribution in [0.1, 0.15) is 58.3 Å². The lowest BCUT2D eigenvalue weighted by Gasteiger charge is -2.38. The van der Waals surface area contributed by atoms with E-state index in [-0.39, 0.29) is 22.0 Å². The lowest BCUT2D eigenvalue weighted by molar-refractivity contribution is -0.126. The van der Waals surface area contributed by atoms with Gasteiger partial charge in [0.05, 0.1) is 0 Å². The molecule has 0 aliphatic rings. The SMILES string of the molecule is CC(C)(C)CC(=O)C(O[Si](C)(C)C(C)(C)C)C(=O)c1ccccc1. The van der Waals surface area contributed by atoms with Crippen LogP contribution in [-0.4, -0.2) is 26.0 Å². The van der Waals surface area contributed by atoms with E-state index in [1.807, 2.05) is 39.0 Å². The largest absolute Gasteiger partial charge is 0.401 e. The van der Waals surface area contributed by atoms with Gasteiger partial charge < -0.3 is 4.43 Å². The lowest BCUT2D eigenvalue weighted by Crippen LogP contribution is -2.49. The Kier molecular flexibility index (Phi) is 6.34. The molecule has 0 amide bonds. The summed E-state index contributed by atoms with van der Waals surface area (Å²) in [6.07, 6.45) is -0.683. The second-order valence-electron chi connectivity index (χ2n) is 9.19. The van der Waals surface area contributed by atoms with Gasteiger partial charge in [-0.15, -0.1) is 0 Å². The number of benzene rings is 1. The lowest BCUT2D eigenvalue weighted by atomic mass is 9.87. The van der Waals surface area contributed by atoms with Crippen molar-refractivity contribution >= 4 is 19.9 Å². The van der Waals surface area contributed by atoms with Crippen LogP contribution in [0.3, 0.4) is 0 Å². The van der Waals surface area contributed by atoms with Crippen molar-refractivity contribution in [1.82, 2.24) is 0 Å². The molecule has 0 aliphatic heterocycles. The van der Waals surface area contributed by atoms with Gasteiger partial charge in [-0.05, 0) is 23.5 Å². The fourth-order valence-corrected chi connectivity index (χ4v) is 3.29. The number of carbonyl (C=O) groups is 2. The second kappa shape index (κ2) is 7.32. The van der Waals surface area contributed by atoms with Crippen molar-refractivity contribution in [2.24, 2.45) is 5.41 Å². The number of hydrogen-bond donors (Lipinski definition) is 0. The normalized spacial score (nSPS) is 14.3. The van der Waals surface area contributed by atoms with E-state index in [9.17, 15) is 9.59 Å². The van der Waals surface area contributed by atoms with Crippen molar-refractivity contribution in [2.45, 2.75) is 72.2 Å². The van der Waals surface area contributed by atoms with E-state index >= 15 is 0 Å². The molecule has 1 rings (SSSR count). The van der Waals surface area contributed by atoms with E-state index in [1.165, 1.54) is 0 Å². The van der Waals surface area contributed by atoms with Gasteiger partial charge in [0.15, 0.2) is 26.0 Å². The molecule has 0 N–H and O–H groups in total. The molecule has 0 saturated heterocycles. The molecule has 0 aromatic heterocycles. The molecule has 1 atom stereocenters. The Bertz CT molecular complexity index is 577. The standard InChI is InChI=1S/C20H32O3Si/c1-19(2,3)14-16(21)18(23-24(7,8)20(4,5)6)17(22)15-12-10-9-11-13-15/h9-13,18H,14H2,1-8H3. The van der Waals surface area contributed by atoms with Gasteiger partial charge in [0, 0.05) is 12.0 Å². The highest BCUT2D eigenvalue weighted by Crippen LogP contribution is 2.38. The Morgan fingerprint density at radius 2 is 1.50 bits per heavy atom. The number of rotatable bonds is 6. The molecule has 0 bridgehead atoms. The van der Waals surface area contributed by atoms with Crippen LogP contribution in [0, 0.1) is 5.41 Å². The van der Waals surface area contributed by atoms with Gasteiger partial charge in [-0.3, -0.25) is 9.59 Å². The third kappa shape index (κ3) is 5.67. The summed E-state index contributed by atoms with van der Waals surface area (Å²) in [6.45, 7) is 16.5. The minimum absolute atomic E-state index is 0.0652. The van der Waals surface area contributed by atoms with E-state index in [1.54, 1.807) is 12.1 Å². The van der Waals surface area contributed by atoms with Crippen LogP contribution < -0.4 is 0 Å². The average molecular weight is 349 g/mol. The van der Waals surface area contributed by atoms with Crippen molar-refractivity contribution in [3.05, 3.63) is 35.9 Å². The maximum absolute atomic E-state index is 13.0. The van der Waals surface area contributed by atoms with Gasteiger partial charge in [-0.25, -0.2) is 0 Å². The summed E-state index contributed by atoms with van der Waals surface area (Å²) in [5, 5.41) is -0.0652. The van der Waals surface area contributed by atoms with E-state index in [2.05, 4.69) is 33.9 Å². The van der Waals surface area contributed by atoms with Crippen LogP contribution in [0.4, 0.5) is 0 Å². The molecule has 3 nitrogen and oxygen atoms in total. The second-order valence-corrected chi connectivity index (χ2v) is 13.9. The van der Waals surface area contributed by atoms with Crippen LogP contribution in [0.2, 0.25) is 18.1 Å². The number of hydrogen-bond acceptors (Lipinski definition) is 3. The molecule has 0 heterocycles. The zero-order valence-corrected chi connectivity index (χ0v) is 17.4. The molecule has 1 aromatic carbocycles. The topological polar surface area (TPSA) is 43.4 Å². The summed E-state index contributed by atoms with van der Waals surface area (Å²) >= 11 is 0. The summed E-state index contributed by atoms with van der Waals surface area (Å²) in [7, 11) is -2.24. The predicted octanol–water partition coefficient (Wildman–Crippen LogP) is 5.27. The summed E-state index contributed by atoms with van der Waals surface area (Å²) < 4.78 is 6.27. The van der Waals surface area contributed by atoms with Crippen LogP contribution >= 0.6 is 0 Å². The molecule has 134 valence electrons. The van der Waals surface area contributed by atoms with Crippen molar-refractivity contribution in [3.8, 4) is 0 Å². The zero-order chi connectivity index (χ0) is 18.8. The minimum atomic E-state index is -2.24. The molecular weight excluding hydrogens is 316 g/mol. The Morgan fingerprint density at radius 3 is 1.92 bits per heavy atom. The number of Topliss-reactive ketones (excluding diaryl/α,β-unsaturated/α-hetero) is 2. The summed E-state index contributed by atoms with van der Waals surface area (Å²) in [5.41, 5.74) is 0.354. The third-order valence-corrected chi connectivity index (χ3v) is 8.95. The van der Waals surface area contributed by atoms with Crippen LogP contribution in [0.25, 0.3) is 0 Å². The van der Waals surface area contributed by atoms with Gasteiger partial charge in [-0.2, -0.15) is 0 Å². The molecule has 0 fully saturated rings. The van der Waals surface area contributed by atoms with E-state index in [0.29, 0.717) is 12.0 Å². The molecule has 24 heavy (non-hydrogen) atoms. The van der Waals surface area contributed by atoms with Crippen molar-refractivity contribution < 1.29 is 14.0 Å². The van der Waals surface area contributed by atoms with Crippen molar-refractivity contribution in [1.29, 1.82) is 0 Å². The molecule has 4 heteroatoms. The molecule has 0 saturated carbocycles. The fraction of sp³-hybridized carbons (Fsp3) is 0.600. The first-order valence-electron chi connectivity index (χ1n) is 8.54. The highest BCUT2D eigenvalue weighted by Gasteiger charge is 2.43. The Labute approximate surface area is 147 Å². The first kappa shape index (κ1) is 20.8. The highest BCUT2D eigenvalue weighted by molar-refractivity contribution is 6.74. The first-order chi connectivity index (χ1) is 10.7. The molecule has 0 spiro atoms. The van der Waals surface area contributed by atoms with Gasteiger partial charge in [0.25, 0.3) is 0 Å². The van der Waals surface area contributed by atoms with Crippen molar-refractivity contribution in [3.63, 3.8) is 0 Å². The maximum atomic E-state index is 13.0. The van der Waals surface area contributed by atoms with E-state index in [4.69, 9.17) is 4.43 Å². The third-order valence-electron chi connectivity index (χ3n) is 4.51. The van der Waals surface area contributed by atoms with Crippen LogP contribution in [-0.2, 0) is 9.22 Å². The van der Waals surface area contributed by atoms with E-state index in [0.717, 1.165) is 0 Å². The van der Waals surface area contributed by atoms with Crippen molar-refractivity contribution in [2.75, 3.05) is 0 Å². The summed E-state index contributed by atoms with van der Waals surface area (Å²) in [4.78, 5) is 25.8. The predicted molar refractivity (Wildman–Crippen MR) is 102 cm³/mol. The van der Waals surface area contributed by atoms with Gasteiger partial charge in [-0.1, -0.05) is 71.9 Å². The Balaban J connectivity index is 3.17. The zero-order valence-electron chi connectivity index (χ0n) is 16.4. The fourth-order valence-electron chi connectivity index (χ4n) is 2.11. The monoisotopic (exact) mass is 348 g/mol. The molecule has 1 aromatic rings. The minimum Gasteiger partial charge on any atom is -0.401 e. The Morgan fingerprint density at radius 1 is 1.00 bits per heavy atom. The van der Waals surface area contributed by atoms with Gasteiger partial charge in [0.2, 0.25) is 0 Å². The summed E-state index contributed by atoms with van der Waals surface area (Å²) in [5.74, 6) is -0.351. The average Bonchev–Trinajstić information content (AvgIpc) is 2.42. The van der Waals surface area contributed by atoms with Gasteiger partial charge >= 0.3 is 0 Å². The molecular formula is C20H32O3Si. The quantitative estimate of drug-likeness (QED) is 0.400. The Hall–Kier alpha value is -1.26. The van der Waals surface area contributed by atoms with Gasteiger partial charge in [0.1, 0.15) is 0 Å². The molecule has 0 aliphatic carbocycles. The van der Waals surface area contributed by atoms with Crippen LogP contribution in [0.5, 0.6) is 0 Å². The summed E-state index contributed by atoms with van der Waals surface area (Å²) in [6, 6.07) is 8.97. The molecule has 0 radical (unpaired) electrons. The number of carbonyl (C=O) groups excluding carboxylic acids is 2. The smallest absolute Gasteiger partial charge is 0.198 e.